The summed E-state index contributed by atoms with van der Waals surface area (Å²) < 4.78 is 0. The lowest BCUT2D eigenvalue weighted by Gasteiger charge is -2.14. The van der Waals surface area contributed by atoms with Crippen molar-refractivity contribution in [3.63, 3.8) is 0 Å². The molecule has 3 heterocycles. The van der Waals surface area contributed by atoms with Crippen LogP contribution in [-0.2, 0) is 6.42 Å². The molecule has 0 unspecified atom stereocenters. The highest BCUT2D eigenvalue weighted by atomic mass is 35.5. The summed E-state index contributed by atoms with van der Waals surface area (Å²) in [4.78, 5) is 20.3. The van der Waals surface area contributed by atoms with Crippen LogP contribution in [0.4, 0.5) is 0 Å². The number of imidazole rings is 1. The normalized spacial score (nSPS) is 17.1. The van der Waals surface area contributed by atoms with Gasteiger partial charge in [-0.1, -0.05) is 23.7 Å². The summed E-state index contributed by atoms with van der Waals surface area (Å²) in [6, 6.07) is 7.76. The molecule has 1 atom stereocenters. The average Bonchev–Trinajstić information content (AvgIpc) is 3.11. The van der Waals surface area contributed by atoms with E-state index in [1.165, 1.54) is 0 Å². The number of halogens is 1. The largest absolute Gasteiger partial charge is 0.350 e. The Labute approximate surface area is 150 Å². The second-order valence-electron chi connectivity index (χ2n) is 6.38. The maximum atomic E-state index is 12.5. The molecule has 6 nitrogen and oxygen atoms in total. The zero-order valence-corrected chi connectivity index (χ0v) is 14.7. The fraction of sp³-hybridized carbons (Fsp3) is 0.278. The molecule has 0 bridgehead atoms. The van der Waals surface area contributed by atoms with E-state index in [2.05, 4.69) is 25.5 Å². The molecule has 1 aromatic carbocycles. The Balaban J connectivity index is 1.72. The van der Waals surface area contributed by atoms with E-state index < -0.39 is 0 Å². The van der Waals surface area contributed by atoms with Crippen LogP contribution in [0.3, 0.4) is 0 Å². The Morgan fingerprint density at radius 3 is 2.64 bits per heavy atom. The number of aromatic nitrogens is 4. The number of hydrogen-bond acceptors (Lipinski definition) is 3. The molecule has 0 saturated carbocycles. The van der Waals surface area contributed by atoms with Gasteiger partial charge in [0.05, 0.1) is 11.3 Å². The molecule has 25 heavy (non-hydrogen) atoms. The van der Waals surface area contributed by atoms with Crippen LogP contribution in [0.1, 0.15) is 39.1 Å². The van der Waals surface area contributed by atoms with Crippen LogP contribution in [0.15, 0.2) is 24.3 Å². The van der Waals surface area contributed by atoms with Gasteiger partial charge in [-0.2, -0.15) is 5.10 Å². The number of aryl methyl sites for hydroxylation is 2. The van der Waals surface area contributed by atoms with Crippen LogP contribution in [0, 0.1) is 13.8 Å². The van der Waals surface area contributed by atoms with E-state index in [1.807, 2.05) is 38.1 Å². The lowest BCUT2D eigenvalue weighted by molar-refractivity contribution is 0.0950. The van der Waals surface area contributed by atoms with E-state index in [0.29, 0.717) is 29.5 Å². The van der Waals surface area contributed by atoms with Crippen LogP contribution in [-0.4, -0.2) is 32.6 Å². The first-order chi connectivity index (χ1) is 12.0. The first-order valence-electron chi connectivity index (χ1n) is 8.17. The number of carbonyl (C=O) groups is 1. The Bertz CT molecular complexity index is 922. The molecule has 3 aromatic rings. The summed E-state index contributed by atoms with van der Waals surface area (Å²) in [7, 11) is 0. The van der Waals surface area contributed by atoms with Gasteiger partial charge in [-0.25, -0.2) is 4.98 Å². The van der Waals surface area contributed by atoms with Gasteiger partial charge in [0.25, 0.3) is 5.91 Å². The molecular formula is C18H18ClN5O. The van der Waals surface area contributed by atoms with Crippen molar-refractivity contribution in [1.82, 2.24) is 25.5 Å². The molecular weight excluding hydrogens is 338 g/mol. The number of H-pyrrole nitrogens is 2. The number of rotatable bonds is 2. The summed E-state index contributed by atoms with van der Waals surface area (Å²) in [5, 5.41) is 10.8. The summed E-state index contributed by atoms with van der Waals surface area (Å²) in [6.07, 6.45) is 0.707. The first kappa shape index (κ1) is 15.9. The van der Waals surface area contributed by atoms with Crippen LogP contribution in [0.2, 0.25) is 5.02 Å². The molecule has 0 saturated heterocycles. The number of benzene rings is 1. The van der Waals surface area contributed by atoms with E-state index in [-0.39, 0.29) is 11.8 Å². The molecule has 3 N–H and O–H groups in total. The number of carbonyl (C=O) groups excluding carboxylic acids is 1. The SMILES string of the molecule is Cc1n[nH]c(C)c1-c1nc2c([nH]1)C[C@@H](c1ccc(Cl)cc1)CNC2=O. The van der Waals surface area contributed by atoms with Crippen molar-refractivity contribution >= 4 is 17.5 Å². The smallest absolute Gasteiger partial charge is 0.271 e. The Morgan fingerprint density at radius 2 is 1.96 bits per heavy atom. The van der Waals surface area contributed by atoms with Gasteiger partial charge in [0.1, 0.15) is 11.5 Å². The third-order valence-corrected chi connectivity index (χ3v) is 4.91. The van der Waals surface area contributed by atoms with E-state index >= 15 is 0 Å². The monoisotopic (exact) mass is 355 g/mol. The molecule has 2 aromatic heterocycles. The van der Waals surface area contributed by atoms with E-state index in [0.717, 1.165) is 28.2 Å². The standard InChI is InChI=1S/C18H18ClN5O/c1-9-15(10(2)24-23-9)17-21-14-7-12(8-20-18(25)16(14)22-17)11-3-5-13(19)6-4-11/h3-6,12H,7-8H2,1-2H3,(H,20,25)(H,21,22)(H,23,24)/t12-/m1/s1. The van der Waals surface area contributed by atoms with E-state index in [4.69, 9.17) is 11.6 Å². The fourth-order valence-corrected chi connectivity index (χ4v) is 3.48. The minimum atomic E-state index is -0.146. The van der Waals surface area contributed by atoms with Gasteiger partial charge in [-0.3, -0.25) is 9.89 Å². The van der Waals surface area contributed by atoms with Crippen molar-refractivity contribution in [3.8, 4) is 11.4 Å². The molecule has 7 heteroatoms. The van der Waals surface area contributed by atoms with Gasteiger partial charge in [0.2, 0.25) is 0 Å². The summed E-state index contributed by atoms with van der Waals surface area (Å²) >= 11 is 5.98. The predicted molar refractivity (Wildman–Crippen MR) is 95.9 cm³/mol. The number of aromatic amines is 2. The van der Waals surface area contributed by atoms with Crippen molar-refractivity contribution in [1.29, 1.82) is 0 Å². The third-order valence-electron chi connectivity index (χ3n) is 4.66. The second-order valence-corrected chi connectivity index (χ2v) is 6.82. The molecule has 1 aliphatic rings. The number of nitrogens with one attached hydrogen (secondary N) is 3. The topological polar surface area (TPSA) is 86.5 Å². The zero-order valence-electron chi connectivity index (χ0n) is 14.0. The van der Waals surface area contributed by atoms with Crippen molar-refractivity contribution < 1.29 is 4.79 Å². The minimum absolute atomic E-state index is 0.146. The van der Waals surface area contributed by atoms with Crippen LogP contribution >= 0.6 is 11.6 Å². The molecule has 0 spiro atoms. The fourth-order valence-electron chi connectivity index (χ4n) is 3.35. The van der Waals surface area contributed by atoms with Gasteiger partial charge >= 0.3 is 0 Å². The third kappa shape index (κ3) is 2.82. The summed E-state index contributed by atoms with van der Waals surface area (Å²) in [5.41, 5.74) is 5.16. The summed E-state index contributed by atoms with van der Waals surface area (Å²) in [5.74, 6) is 0.704. The van der Waals surface area contributed by atoms with Gasteiger partial charge in [0, 0.05) is 28.9 Å². The Morgan fingerprint density at radius 1 is 1.20 bits per heavy atom. The Hall–Kier alpha value is -2.60. The van der Waals surface area contributed by atoms with Crippen molar-refractivity contribution in [2.24, 2.45) is 0 Å². The van der Waals surface area contributed by atoms with Crippen LogP contribution in [0.25, 0.3) is 11.4 Å². The molecule has 1 amide bonds. The highest BCUT2D eigenvalue weighted by molar-refractivity contribution is 6.30. The number of nitrogens with zero attached hydrogens (tertiary/aromatic N) is 2. The molecule has 0 fully saturated rings. The van der Waals surface area contributed by atoms with Gasteiger partial charge in [-0.05, 0) is 38.0 Å². The first-order valence-corrected chi connectivity index (χ1v) is 8.55. The second kappa shape index (κ2) is 6.04. The Kier molecular flexibility index (Phi) is 3.84. The van der Waals surface area contributed by atoms with E-state index in [1.54, 1.807) is 0 Å². The lowest BCUT2D eigenvalue weighted by atomic mass is 9.94. The zero-order chi connectivity index (χ0) is 17.6. The number of fused-ring (bicyclic) bond motifs is 1. The van der Waals surface area contributed by atoms with Crippen LogP contribution < -0.4 is 5.32 Å². The lowest BCUT2D eigenvalue weighted by Crippen LogP contribution is -2.26. The van der Waals surface area contributed by atoms with Crippen LogP contribution in [0.5, 0.6) is 0 Å². The van der Waals surface area contributed by atoms with Gasteiger partial charge in [0.15, 0.2) is 0 Å². The van der Waals surface area contributed by atoms with Crippen molar-refractivity contribution in [3.05, 3.63) is 57.6 Å². The number of amides is 1. The quantitative estimate of drug-likeness (QED) is 0.660. The molecule has 0 radical (unpaired) electrons. The van der Waals surface area contributed by atoms with Crippen molar-refractivity contribution in [2.45, 2.75) is 26.2 Å². The predicted octanol–water partition coefficient (Wildman–Crippen LogP) is 3.14. The number of hydrogen-bond donors (Lipinski definition) is 3. The van der Waals surface area contributed by atoms with Gasteiger partial charge in [-0.15, -0.1) is 0 Å². The highest BCUT2D eigenvalue weighted by Gasteiger charge is 2.27. The average molecular weight is 356 g/mol. The summed E-state index contributed by atoms with van der Waals surface area (Å²) in [6.45, 7) is 4.44. The molecule has 0 aliphatic carbocycles. The molecule has 4 rings (SSSR count). The minimum Gasteiger partial charge on any atom is -0.350 e. The maximum absolute atomic E-state index is 12.5. The van der Waals surface area contributed by atoms with Crippen molar-refractivity contribution in [2.75, 3.05) is 6.54 Å². The molecule has 128 valence electrons. The molecule has 1 aliphatic heterocycles. The maximum Gasteiger partial charge on any atom is 0.271 e. The van der Waals surface area contributed by atoms with Gasteiger partial charge < -0.3 is 10.3 Å². The highest BCUT2D eigenvalue weighted by Crippen LogP contribution is 2.29. The van der Waals surface area contributed by atoms with E-state index in [9.17, 15) is 4.79 Å².